The van der Waals surface area contributed by atoms with Crippen molar-refractivity contribution >= 4 is 45.5 Å². The number of rotatable bonds is 3. The Bertz CT molecular complexity index is 463. The van der Waals surface area contributed by atoms with Crippen LogP contribution in [0.2, 0.25) is 5.02 Å². The van der Waals surface area contributed by atoms with Gasteiger partial charge in [-0.2, -0.15) is 0 Å². The number of aromatic nitrogens is 2. The van der Waals surface area contributed by atoms with E-state index >= 15 is 0 Å². The van der Waals surface area contributed by atoms with Gasteiger partial charge in [0.2, 0.25) is 0 Å². The van der Waals surface area contributed by atoms with Gasteiger partial charge >= 0.3 is 0 Å². The molecule has 0 amide bonds. The van der Waals surface area contributed by atoms with Crippen molar-refractivity contribution < 1.29 is 4.74 Å². The fourth-order valence-corrected chi connectivity index (χ4v) is 2.53. The molecule has 0 atom stereocenters. The molecule has 0 fully saturated rings. The van der Waals surface area contributed by atoms with Crippen LogP contribution in [0.5, 0.6) is 5.75 Å². The fourth-order valence-electron chi connectivity index (χ4n) is 0.993. The van der Waals surface area contributed by atoms with Gasteiger partial charge in [-0.3, -0.25) is 0 Å². The zero-order chi connectivity index (χ0) is 10.7. The van der Waals surface area contributed by atoms with E-state index in [0.717, 1.165) is 8.02 Å². The number of para-hydroxylation sites is 1. The number of ether oxygens (including phenoxy) is 1. The van der Waals surface area contributed by atoms with E-state index in [-0.39, 0.29) is 0 Å². The summed E-state index contributed by atoms with van der Waals surface area (Å²) in [5.41, 5.74) is 0. The molecule has 1 aromatic heterocycles. The molecule has 0 N–H and O–H groups in total. The number of hydrogen-bond acceptors (Lipinski definition) is 4. The Balaban J connectivity index is 2.02. The summed E-state index contributed by atoms with van der Waals surface area (Å²) in [5.74, 6) is 0.671. The molecule has 0 aliphatic heterocycles. The van der Waals surface area contributed by atoms with Crippen LogP contribution in [-0.2, 0) is 6.61 Å². The minimum Gasteiger partial charge on any atom is -0.485 e. The summed E-state index contributed by atoms with van der Waals surface area (Å²) in [6.07, 6.45) is 0. The minimum absolute atomic E-state index is 0.407. The van der Waals surface area contributed by atoms with E-state index in [2.05, 4.69) is 32.8 Å². The molecule has 0 aliphatic carbocycles. The van der Waals surface area contributed by atoms with E-state index < -0.39 is 0 Å². The summed E-state index contributed by atoms with van der Waals surface area (Å²) in [4.78, 5) is 0. The van der Waals surface area contributed by atoms with Gasteiger partial charge in [0.25, 0.3) is 0 Å². The lowest BCUT2D eigenvalue weighted by molar-refractivity contribution is 0.304. The number of benzene rings is 1. The molecule has 78 valence electrons. The standard InChI is InChI=1S/C9H6ClIN2OS/c10-6-3-1-2-4-7(6)14-5-8-12-13-9(11)15-8/h1-4H,5H2. The molecule has 0 saturated heterocycles. The van der Waals surface area contributed by atoms with E-state index in [0.29, 0.717) is 17.4 Å². The van der Waals surface area contributed by atoms with Crippen molar-refractivity contribution in [1.82, 2.24) is 10.2 Å². The molecule has 15 heavy (non-hydrogen) atoms. The van der Waals surface area contributed by atoms with Gasteiger partial charge in [-0.15, -0.1) is 10.2 Å². The molecule has 1 aromatic carbocycles. The van der Waals surface area contributed by atoms with Crippen LogP contribution in [-0.4, -0.2) is 10.2 Å². The Morgan fingerprint density at radius 2 is 2.13 bits per heavy atom. The Morgan fingerprint density at radius 3 is 2.80 bits per heavy atom. The van der Waals surface area contributed by atoms with E-state index in [1.54, 1.807) is 6.07 Å². The maximum absolute atomic E-state index is 5.94. The molecule has 1 heterocycles. The molecule has 0 spiro atoms. The molecular weight excluding hydrogens is 347 g/mol. The van der Waals surface area contributed by atoms with Crippen LogP contribution in [0.15, 0.2) is 24.3 Å². The maximum Gasteiger partial charge on any atom is 0.178 e. The molecule has 3 nitrogen and oxygen atoms in total. The SMILES string of the molecule is Clc1ccccc1OCc1nnc(I)s1. The highest BCUT2D eigenvalue weighted by atomic mass is 127. The molecule has 0 aliphatic rings. The summed E-state index contributed by atoms with van der Waals surface area (Å²) in [7, 11) is 0. The molecule has 0 bridgehead atoms. The third-order valence-electron chi connectivity index (χ3n) is 1.63. The van der Waals surface area contributed by atoms with Gasteiger partial charge in [0.05, 0.1) is 5.02 Å². The third kappa shape index (κ3) is 3.02. The van der Waals surface area contributed by atoms with Crippen molar-refractivity contribution in [1.29, 1.82) is 0 Å². The largest absolute Gasteiger partial charge is 0.485 e. The van der Waals surface area contributed by atoms with Gasteiger partial charge in [-0.1, -0.05) is 35.1 Å². The summed E-state index contributed by atoms with van der Waals surface area (Å²) in [6.45, 7) is 0.407. The monoisotopic (exact) mass is 352 g/mol. The van der Waals surface area contributed by atoms with Crippen molar-refractivity contribution in [2.24, 2.45) is 0 Å². The number of hydrogen-bond donors (Lipinski definition) is 0. The van der Waals surface area contributed by atoms with Crippen molar-refractivity contribution in [3.8, 4) is 5.75 Å². The van der Waals surface area contributed by atoms with Crippen LogP contribution in [0.4, 0.5) is 0 Å². The molecule has 0 radical (unpaired) electrons. The lowest BCUT2D eigenvalue weighted by Crippen LogP contribution is -1.95. The van der Waals surface area contributed by atoms with Crippen molar-refractivity contribution in [3.63, 3.8) is 0 Å². The second kappa shape index (κ2) is 5.09. The predicted octanol–water partition coefficient (Wildman–Crippen LogP) is 3.38. The molecule has 0 saturated carbocycles. The van der Waals surface area contributed by atoms with E-state index in [1.165, 1.54) is 11.3 Å². The van der Waals surface area contributed by atoms with Crippen molar-refractivity contribution in [3.05, 3.63) is 37.3 Å². The quantitative estimate of drug-likeness (QED) is 0.795. The Kier molecular flexibility index (Phi) is 3.76. The highest BCUT2D eigenvalue weighted by Gasteiger charge is 2.04. The topological polar surface area (TPSA) is 35.0 Å². The number of nitrogens with zero attached hydrogens (tertiary/aromatic N) is 2. The first-order valence-electron chi connectivity index (χ1n) is 4.11. The molecular formula is C9H6ClIN2OS. The van der Waals surface area contributed by atoms with Crippen LogP contribution in [0.3, 0.4) is 0 Å². The normalized spacial score (nSPS) is 10.3. The Morgan fingerprint density at radius 1 is 1.33 bits per heavy atom. The number of halogens is 2. The lowest BCUT2D eigenvalue weighted by atomic mass is 10.3. The Hall–Kier alpha value is -0.400. The van der Waals surface area contributed by atoms with Crippen molar-refractivity contribution in [2.45, 2.75) is 6.61 Å². The molecule has 2 aromatic rings. The van der Waals surface area contributed by atoms with Gasteiger partial charge in [0, 0.05) is 0 Å². The van der Waals surface area contributed by atoms with E-state index in [1.807, 2.05) is 18.2 Å². The minimum atomic E-state index is 0.407. The van der Waals surface area contributed by atoms with Gasteiger partial charge in [-0.25, -0.2) is 0 Å². The summed E-state index contributed by atoms with van der Waals surface area (Å²) in [5, 5.41) is 9.30. The van der Waals surface area contributed by atoms with E-state index in [9.17, 15) is 0 Å². The first-order chi connectivity index (χ1) is 7.25. The van der Waals surface area contributed by atoms with Gasteiger partial charge in [-0.05, 0) is 34.7 Å². The van der Waals surface area contributed by atoms with Crippen LogP contribution in [0, 0.1) is 3.01 Å². The van der Waals surface area contributed by atoms with Crippen molar-refractivity contribution in [2.75, 3.05) is 0 Å². The fraction of sp³-hybridized carbons (Fsp3) is 0.111. The van der Waals surface area contributed by atoms with Gasteiger partial charge in [0.15, 0.2) is 8.02 Å². The molecule has 0 unspecified atom stereocenters. The van der Waals surface area contributed by atoms with Crippen LogP contribution >= 0.6 is 45.5 Å². The molecule has 6 heteroatoms. The maximum atomic E-state index is 5.94. The average molecular weight is 353 g/mol. The summed E-state index contributed by atoms with van der Waals surface area (Å²) in [6, 6.07) is 7.36. The van der Waals surface area contributed by atoms with Crippen LogP contribution < -0.4 is 4.74 Å². The van der Waals surface area contributed by atoms with E-state index in [4.69, 9.17) is 16.3 Å². The first kappa shape index (κ1) is 11.1. The highest BCUT2D eigenvalue weighted by Crippen LogP contribution is 2.24. The van der Waals surface area contributed by atoms with Crippen LogP contribution in [0.25, 0.3) is 0 Å². The second-order valence-corrected chi connectivity index (χ2v) is 5.89. The summed E-state index contributed by atoms with van der Waals surface area (Å²) >= 11 is 9.57. The van der Waals surface area contributed by atoms with Gasteiger partial charge in [0.1, 0.15) is 12.4 Å². The summed E-state index contributed by atoms with van der Waals surface area (Å²) < 4.78 is 6.42. The van der Waals surface area contributed by atoms with Crippen LogP contribution in [0.1, 0.15) is 5.01 Å². The predicted molar refractivity (Wildman–Crippen MR) is 68.4 cm³/mol. The van der Waals surface area contributed by atoms with Gasteiger partial charge < -0.3 is 4.74 Å². The third-order valence-corrected chi connectivity index (χ3v) is 3.50. The lowest BCUT2D eigenvalue weighted by Gasteiger charge is -2.04. The average Bonchev–Trinajstić information content (AvgIpc) is 2.63. The smallest absolute Gasteiger partial charge is 0.178 e. The highest BCUT2D eigenvalue weighted by molar-refractivity contribution is 14.1. The molecule has 2 rings (SSSR count). The zero-order valence-corrected chi connectivity index (χ0v) is 11.2. The first-order valence-corrected chi connectivity index (χ1v) is 6.38. The zero-order valence-electron chi connectivity index (χ0n) is 7.48. The Labute approximate surface area is 110 Å². The second-order valence-electron chi connectivity index (χ2n) is 2.67.